The molecule has 8 nitrogen and oxygen atoms in total. The van der Waals surface area contributed by atoms with E-state index in [2.05, 4.69) is 41.8 Å². The van der Waals surface area contributed by atoms with Gasteiger partial charge in [-0.05, 0) is 50.9 Å². The second-order valence-electron chi connectivity index (χ2n) is 6.62. The molecular weight excluding hydrogens is 516 g/mol. The first-order valence-corrected chi connectivity index (χ1v) is 10.4. The number of pyridine rings is 1. The van der Waals surface area contributed by atoms with Gasteiger partial charge in [0.05, 0.1) is 23.3 Å². The molecule has 2 aromatic heterocycles. The average molecular weight is 532 g/mol. The fourth-order valence-corrected chi connectivity index (χ4v) is 3.99. The molecule has 152 valence electrons. The number of aromatic nitrogens is 3. The molecule has 0 amide bonds. The smallest absolute Gasteiger partial charge is 0.333 e. The van der Waals surface area contributed by atoms with Crippen LogP contribution in [0.5, 0.6) is 0 Å². The molecule has 0 spiro atoms. The summed E-state index contributed by atoms with van der Waals surface area (Å²) >= 11 is 6.80. The van der Waals surface area contributed by atoms with Gasteiger partial charge in [0.25, 0.3) is 5.56 Å². The number of hydrazine groups is 1. The average Bonchev–Trinajstić information content (AvgIpc) is 2.70. The van der Waals surface area contributed by atoms with Gasteiger partial charge in [-0.25, -0.2) is 15.2 Å². The number of H-pyrrole nitrogens is 1. The lowest BCUT2D eigenvalue weighted by atomic mass is 10.1. The summed E-state index contributed by atoms with van der Waals surface area (Å²) in [4.78, 5) is 33.1. The van der Waals surface area contributed by atoms with Crippen LogP contribution in [-0.4, -0.2) is 14.5 Å². The number of hydrogen-bond donors (Lipinski definition) is 3. The van der Waals surface area contributed by atoms with Crippen molar-refractivity contribution in [2.45, 2.75) is 6.92 Å². The predicted molar refractivity (Wildman–Crippen MR) is 125 cm³/mol. The summed E-state index contributed by atoms with van der Waals surface area (Å²) in [6, 6.07) is 10.7. The summed E-state index contributed by atoms with van der Waals surface area (Å²) in [7, 11) is 0. The number of nitrogens with zero attached hydrogens (tertiary/aromatic N) is 3. The molecule has 0 aliphatic heterocycles. The van der Waals surface area contributed by atoms with Gasteiger partial charge in [-0.15, -0.1) is 0 Å². The number of hydrogen-bond acceptors (Lipinski definition) is 6. The first-order valence-electron chi connectivity index (χ1n) is 8.78. The molecule has 0 aliphatic rings. The van der Waals surface area contributed by atoms with Gasteiger partial charge < -0.3 is 10.7 Å². The molecule has 4 rings (SSSR count). The molecule has 0 atom stereocenters. The van der Waals surface area contributed by atoms with Crippen LogP contribution >= 0.6 is 31.9 Å². The first kappa shape index (κ1) is 20.3. The van der Waals surface area contributed by atoms with Crippen molar-refractivity contribution in [1.29, 1.82) is 0 Å². The molecule has 0 saturated carbocycles. The molecule has 2 aromatic carbocycles. The van der Waals surface area contributed by atoms with E-state index in [4.69, 9.17) is 11.6 Å². The van der Waals surface area contributed by atoms with Crippen LogP contribution in [0.25, 0.3) is 16.5 Å². The Morgan fingerprint density at radius 2 is 1.80 bits per heavy atom. The lowest BCUT2D eigenvalue weighted by Crippen LogP contribution is -2.41. The van der Waals surface area contributed by atoms with Crippen molar-refractivity contribution in [1.82, 2.24) is 14.5 Å². The number of fused-ring (bicyclic) bond motifs is 1. The largest absolute Gasteiger partial charge is 0.397 e. The van der Waals surface area contributed by atoms with Crippen LogP contribution in [-0.2, 0) is 0 Å². The minimum Gasteiger partial charge on any atom is -0.397 e. The van der Waals surface area contributed by atoms with Gasteiger partial charge in [-0.1, -0.05) is 24.3 Å². The molecule has 0 bridgehead atoms. The molecular formula is C20H16Br2N6O2. The van der Waals surface area contributed by atoms with Gasteiger partial charge >= 0.3 is 5.69 Å². The van der Waals surface area contributed by atoms with Gasteiger partial charge in [0.15, 0.2) is 0 Å². The highest BCUT2D eigenvalue weighted by atomic mass is 79.9. The maximum Gasteiger partial charge on any atom is 0.333 e. The zero-order chi connectivity index (χ0) is 21.6. The highest BCUT2D eigenvalue weighted by molar-refractivity contribution is 9.13. The third-order valence-corrected chi connectivity index (χ3v) is 6.56. The quantitative estimate of drug-likeness (QED) is 0.211. The Bertz CT molecular complexity index is 1410. The number of nitrogen functional groups attached to an aromatic ring is 1. The second-order valence-corrected chi connectivity index (χ2v) is 8.33. The summed E-state index contributed by atoms with van der Waals surface area (Å²) in [5, 5.41) is 2.69. The number of halogens is 2. The molecule has 30 heavy (non-hydrogen) atoms. The first-order chi connectivity index (χ1) is 14.3. The van der Waals surface area contributed by atoms with Crippen LogP contribution in [0.2, 0.25) is 0 Å². The topological polar surface area (TPSA) is 123 Å². The van der Waals surface area contributed by atoms with E-state index in [1.807, 2.05) is 24.3 Å². The summed E-state index contributed by atoms with van der Waals surface area (Å²) < 4.78 is 2.49. The van der Waals surface area contributed by atoms with E-state index in [9.17, 15) is 9.59 Å². The molecule has 0 unspecified atom stereocenters. The Kier molecular flexibility index (Phi) is 5.22. The van der Waals surface area contributed by atoms with Crippen molar-refractivity contribution < 1.29 is 0 Å². The maximum atomic E-state index is 13.5. The fourth-order valence-electron chi connectivity index (χ4n) is 3.30. The Morgan fingerprint density at radius 1 is 1.10 bits per heavy atom. The molecule has 4 aromatic rings. The van der Waals surface area contributed by atoms with Crippen LogP contribution < -0.4 is 27.8 Å². The van der Waals surface area contributed by atoms with Gasteiger partial charge in [-0.3, -0.25) is 14.8 Å². The lowest BCUT2D eigenvalue weighted by Gasteiger charge is -2.23. The zero-order valence-electron chi connectivity index (χ0n) is 15.7. The van der Waals surface area contributed by atoms with E-state index in [0.29, 0.717) is 32.6 Å². The predicted octanol–water partition coefficient (Wildman–Crippen LogP) is 3.50. The van der Waals surface area contributed by atoms with E-state index in [1.54, 1.807) is 25.3 Å². The van der Waals surface area contributed by atoms with Crippen molar-refractivity contribution in [2.75, 3.05) is 10.7 Å². The molecule has 2 heterocycles. The third-order valence-electron chi connectivity index (χ3n) is 4.72. The minimum absolute atomic E-state index is 0.0865. The van der Waals surface area contributed by atoms with Crippen molar-refractivity contribution in [2.24, 2.45) is 5.84 Å². The Hall–Kier alpha value is -2.95. The number of aromatic amines is 1. The van der Waals surface area contributed by atoms with Gasteiger partial charge in [0, 0.05) is 31.6 Å². The molecule has 0 radical (unpaired) electrons. The van der Waals surface area contributed by atoms with Crippen molar-refractivity contribution in [3.63, 3.8) is 0 Å². The van der Waals surface area contributed by atoms with Gasteiger partial charge in [0.2, 0.25) is 0 Å². The molecule has 0 aliphatic carbocycles. The molecule has 0 fully saturated rings. The number of nitrogens with two attached hydrogens (primary N) is 2. The van der Waals surface area contributed by atoms with Crippen LogP contribution in [0, 0.1) is 6.92 Å². The highest BCUT2D eigenvalue weighted by Gasteiger charge is 2.21. The van der Waals surface area contributed by atoms with Crippen LogP contribution in [0.15, 0.2) is 67.3 Å². The van der Waals surface area contributed by atoms with Crippen LogP contribution in [0.1, 0.15) is 5.69 Å². The van der Waals surface area contributed by atoms with Crippen molar-refractivity contribution >= 4 is 59.7 Å². The van der Waals surface area contributed by atoms with Crippen LogP contribution in [0.3, 0.4) is 0 Å². The van der Waals surface area contributed by atoms with Crippen molar-refractivity contribution in [3.05, 3.63) is 84.3 Å². The van der Waals surface area contributed by atoms with E-state index in [-0.39, 0.29) is 5.69 Å². The summed E-state index contributed by atoms with van der Waals surface area (Å²) in [6.07, 6.45) is 3.14. The zero-order valence-corrected chi connectivity index (χ0v) is 18.9. The number of nitrogens with one attached hydrogen (secondary N) is 1. The van der Waals surface area contributed by atoms with E-state index >= 15 is 0 Å². The van der Waals surface area contributed by atoms with E-state index < -0.39 is 11.2 Å². The summed E-state index contributed by atoms with van der Waals surface area (Å²) in [6.45, 7) is 1.60. The molecule has 10 heteroatoms. The van der Waals surface area contributed by atoms with Crippen molar-refractivity contribution in [3.8, 4) is 5.69 Å². The van der Waals surface area contributed by atoms with E-state index in [0.717, 1.165) is 14.4 Å². The molecule has 5 N–H and O–H groups in total. The lowest BCUT2D eigenvalue weighted by molar-refractivity contribution is 0.844. The number of rotatable bonds is 3. The number of anilines is 3. The second kappa shape index (κ2) is 7.71. The van der Waals surface area contributed by atoms with Gasteiger partial charge in [0.1, 0.15) is 5.69 Å². The normalized spacial score (nSPS) is 11.1. The Balaban J connectivity index is 1.99. The Morgan fingerprint density at radius 3 is 2.57 bits per heavy atom. The number of aryl methyl sites for hydroxylation is 1. The van der Waals surface area contributed by atoms with Gasteiger partial charge in [-0.2, -0.15) is 0 Å². The fraction of sp³-hybridized carbons (Fsp3) is 0.0500. The molecule has 0 saturated heterocycles. The monoisotopic (exact) mass is 530 g/mol. The SMILES string of the molecule is Cc1[nH]c(=O)n(-c2cncc3ccccc23)c(=O)c1N(N)c1cc(Br)c(Br)cc1N. The standard InChI is InChI=1S/C20H16Br2N6O2/c1-10-18(28(24)16-7-14(22)13(21)6-15(16)23)19(29)27(20(30)26-10)17-9-25-8-11-4-2-3-5-12(11)17/h2-9H,23-24H2,1H3,(H,26,30). The third kappa shape index (κ3) is 3.32. The van der Waals surface area contributed by atoms with E-state index in [1.165, 1.54) is 11.2 Å². The van der Waals surface area contributed by atoms with Crippen LogP contribution in [0.4, 0.5) is 17.1 Å². The maximum absolute atomic E-state index is 13.5. The highest BCUT2D eigenvalue weighted by Crippen LogP contribution is 2.35. The summed E-state index contributed by atoms with van der Waals surface area (Å²) in [5.74, 6) is 6.31. The summed E-state index contributed by atoms with van der Waals surface area (Å²) in [5.41, 5.74) is 6.47. The number of benzene rings is 2. The Labute approximate surface area is 187 Å². The minimum atomic E-state index is -0.588.